The Labute approximate surface area is 104 Å². The van der Waals surface area contributed by atoms with E-state index in [0.717, 1.165) is 23.3 Å². The molecule has 0 aliphatic heterocycles. The second kappa shape index (κ2) is 4.13. The lowest BCUT2D eigenvalue weighted by Crippen LogP contribution is -2.30. The lowest BCUT2D eigenvalue weighted by atomic mass is 10.1. The lowest BCUT2D eigenvalue weighted by molar-refractivity contribution is -0.120. The van der Waals surface area contributed by atoms with Crippen molar-refractivity contribution < 1.29 is 4.79 Å². The molecule has 1 amide bonds. The molecule has 5 heteroatoms. The van der Waals surface area contributed by atoms with Gasteiger partial charge in [0.15, 0.2) is 0 Å². The van der Waals surface area contributed by atoms with Gasteiger partial charge in [0.2, 0.25) is 5.91 Å². The van der Waals surface area contributed by atoms with E-state index in [4.69, 9.17) is 11.0 Å². The summed E-state index contributed by atoms with van der Waals surface area (Å²) in [5, 5.41) is 12.6. The Kier molecular flexibility index (Phi) is 2.94. The van der Waals surface area contributed by atoms with Crippen LogP contribution in [0.4, 0.5) is 5.00 Å². The molecule has 1 aromatic heterocycles. The van der Waals surface area contributed by atoms with Crippen LogP contribution < -0.4 is 11.1 Å². The Bertz CT molecular complexity index is 509. The summed E-state index contributed by atoms with van der Waals surface area (Å²) >= 11 is 1.45. The highest BCUT2D eigenvalue weighted by Gasteiger charge is 2.48. The van der Waals surface area contributed by atoms with Gasteiger partial charge in [-0.3, -0.25) is 4.79 Å². The van der Waals surface area contributed by atoms with Crippen molar-refractivity contribution in [3.63, 3.8) is 0 Å². The number of thiophene rings is 1. The molecule has 0 atom stereocenters. The van der Waals surface area contributed by atoms with E-state index < -0.39 is 0 Å². The molecular formula is C12H15N3OS. The third-order valence-electron chi connectivity index (χ3n) is 3.45. The van der Waals surface area contributed by atoms with Gasteiger partial charge < -0.3 is 11.1 Å². The molecule has 0 unspecified atom stereocenters. The second-order valence-corrected chi connectivity index (χ2v) is 5.76. The molecule has 17 heavy (non-hydrogen) atoms. The largest absolute Gasteiger partial charge is 0.329 e. The minimum atomic E-state index is -0.376. The van der Waals surface area contributed by atoms with E-state index in [9.17, 15) is 4.79 Å². The van der Waals surface area contributed by atoms with E-state index in [1.807, 2.05) is 13.8 Å². The zero-order valence-corrected chi connectivity index (χ0v) is 10.8. The van der Waals surface area contributed by atoms with Crippen molar-refractivity contribution in [2.75, 3.05) is 11.9 Å². The molecule has 0 spiro atoms. The van der Waals surface area contributed by atoms with Crippen molar-refractivity contribution in [2.45, 2.75) is 26.7 Å². The SMILES string of the molecule is Cc1sc(NC(=O)C2(CN)CC2)c(C#N)c1C. The minimum absolute atomic E-state index is 0.0437. The maximum absolute atomic E-state index is 12.0. The number of nitrogens with zero attached hydrogens (tertiary/aromatic N) is 1. The molecule has 90 valence electrons. The van der Waals surface area contributed by atoms with Crippen LogP contribution >= 0.6 is 11.3 Å². The van der Waals surface area contributed by atoms with Crippen molar-refractivity contribution in [2.24, 2.45) is 11.1 Å². The van der Waals surface area contributed by atoms with Crippen LogP contribution in [0.25, 0.3) is 0 Å². The summed E-state index contributed by atoms with van der Waals surface area (Å²) < 4.78 is 0. The van der Waals surface area contributed by atoms with Gasteiger partial charge in [-0.15, -0.1) is 11.3 Å². The van der Waals surface area contributed by atoms with Gasteiger partial charge in [-0.25, -0.2) is 0 Å². The average molecular weight is 249 g/mol. The van der Waals surface area contributed by atoms with Crippen LogP contribution in [0.1, 0.15) is 28.8 Å². The standard InChI is InChI=1S/C12H15N3OS/c1-7-8(2)17-10(9(7)5-13)15-11(16)12(6-14)3-4-12/h3-4,6,14H2,1-2H3,(H,15,16). The molecule has 4 nitrogen and oxygen atoms in total. The summed E-state index contributed by atoms with van der Waals surface area (Å²) in [4.78, 5) is 13.1. The monoisotopic (exact) mass is 249 g/mol. The summed E-state index contributed by atoms with van der Waals surface area (Å²) in [6, 6.07) is 2.14. The first-order chi connectivity index (χ1) is 8.04. The van der Waals surface area contributed by atoms with Gasteiger partial charge in [0, 0.05) is 11.4 Å². The van der Waals surface area contributed by atoms with Crippen LogP contribution in [0.5, 0.6) is 0 Å². The Hall–Kier alpha value is -1.38. The minimum Gasteiger partial charge on any atom is -0.329 e. The van der Waals surface area contributed by atoms with E-state index >= 15 is 0 Å². The number of nitriles is 1. The number of aryl methyl sites for hydroxylation is 1. The molecule has 1 fully saturated rings. The molecular weight excluding hydrogens is 234 g/mol. The van der Waals surface area contributed by atoms with Crippen molar-refractivity contribution in [3.8, 4) is 6.07 Å². The summed E-state index contributed by atoms with van der Waals surface area (Å²) in [6.45, 7) is 4.23. The number of amides is 1. The van der Waals surface area contributed by atoms with Crippen molar-refractivity contribution in [3.05, 3.63) is 16.0 Å². The molecule has 1 aromatic rings. The molecule has 0 saturated heterocycles. The predicted octanol–water partition coefficient (Wildman–Crippen LogP) is 1.91. The van der Waals surface area contributed by atoms with Gasteiger partial charge in [-0.2, -0.15) is 5.26 Å². The maximum atomic E-state index is 12.0. The average Bonchev–Trinajstić information content (AvgIpc) is 3.05. The molecule has 1 heterocycles. The van der Waals surface area contributed by atoms with Gasteiger partial charge in [0.05, 0.1) is 11.0 Å². The van der Waals surface area contributed by atoms with E-state index in [1.165, 1.54) is 11.3 Å². The predicted molar refractivity (Wildman–Crippen MR) is 67.9 cm³/mol. The number of nitrogens with one attached hydrogen (secondary N) is 1. The maximum Gasteiger partial charge on any atom is 0.232 e. The lowest BCUT2D eigenvalue weighted by Gasteiger charge is -2.11. The second-order valence-electron chi connectivity index (χ2n) is 4.54. The van der Waals surface area contributed by atoms with Gasteiger partial charge in [0.25, 0.3) is 0 Å². The number of anilines is 1. The fourth-order valence-corrected chi connectivity index (χ4v) is 2.77. The van der Waals surface area contributed by atoms with Gasteiger partial charge in [0.1, 0.15) is 11.1 Å². The fourth-order valence-electron chi connectivity index (χ4n) is 1.76. The molecule has 2 rings (SSSR count). The topological polar surface area (TPSA) is 78.9 Å². The van der Waals surface area contributed by atoms with E-state index in [-0.39, 0.29) is 11.3 Å². The van der Waals surface area contributed by atoms with Crippen molar-refractivity contribution >= 4 is 22.2 Å². The van der Waals surface area contributed by atoms with Crippen LogP contribution in [0.2, 0.25) is 0 Å². The Balaban J connectivity index is 2.23. The van der Waals surface area contributed by atoms with Crippen LogP contribution in [0.3, 0.4) is 0 Å². The quantitative estimate of drug-likeness (QED) is 0.858. The third-order valence-corrected chi connectivity index (χ3v) is 4.57. The first-order valence-electron chi connectivity index (χ1n) is 5.55. The Morgan fingerprint density at radius 1 is 1.59 bits per heavy atom. The van der Waals surface area contributed by atoms with Gasteiger partial charge in [-0.05, 0) is 32.3 Å². The first kappa shape index (κ1) is 12.1. The number of carbonyl (C=O) groups is 1. The number of rotatable bonds is 3. The molecule has 3 N–H and O–H groups in total. The summed E-state index contributed by atoms with van der Waals surface area (Å²) in [5.41, 5.74) is 6.76. The number of hydrogen-bond donors (Lipinski definition) is 2. The van der Waals surface area contributed by atoms with Gasteiger partial charge in [-0.1, -0.05) is 0 Å². The van der Waals surface area contributed by atoms with Crippen LogP contribution in [-0.2, 0) is 4.79 Å². The Morgan fingerprint density at radius 3 is 2.71 bits per heavy atom. The molecule has 0 bridgehead atoms. The smallest absolute Gasteiger partial charge is 0.232 e. The van der Waals surface area contributed by atoms with Crippen LogP contribution in [-0.4, -0.2) is 12.5 Å². The third kappa shape index (κ3) is 1.94. The number of carbonyl (C=O) groups excluding carboxylic acids is 1. The van der Waals surface area contributed by atoms with Crippen molar-refractivity contribution in [1.82, 2.24) is 0 Å². The molecule has 1 saturated carbocycles. The number of nitrogens with two attached hydrogens (primary N) is 1. The zero-order valence-electron chi connectivity index (χ0n) is 9.96. The summed E-state index contributed by atoms with van der Waals surface area (Å²) in [7, 11) is 0. The van der Waals surface area contributed by atoms with E-state index in [1.54, 1.807) is 0 Å². The van der Waals surface area contributed by atoms with E-state index in [0.29, 0.717) is 17.1 Å². The first-order valence-corrected chi connectivity index (χ1v) is 6.37. The van der Waals surface area contributed by atoms with Gasteiger partial charge >= 0.3 is 0 Å². The van der Waals surface area contributed by atoms with Crippen LogP contribution in [0, 0.1) is 30.6 Å². The zero-order chi connectivity index (χ0) is 12.6. The Morgan fingerprint density at radius 2 is 2.24 bits per heavy atom. The van der Waals surface area contributed by atoms with Crippen molar-refractivity contribution in [1.29, 1.82) is 5.26 Å². The normalized spacial score (nSPS) is 16.4. The van der Waals surface area contributed by atoms with E-state index in [2.05, 4.69) is 11.4 Å². The highest BCUT2D eigenvalue weighted by Crippen LogP contribution is 2.46. The molecule has 1 aliphatic rings. The summed E-state index contributed by atoms with van der Waals surface area (Å²) in [5.74, 6) is -0.0437. The highest BCUT2D eigenvalue weighted by molar-refractivity contribution is 7.16. The highest BCUT2D eigenvalue weighted by atomic mass is 32.1. The number of hydrogen-bond acceptors (Lipinski definition) is 4. The van der Waals surface area contributed by atoms with Crippen LogP contribution in [0.15, 0.2) is 0 Å². The molecule has 1 aliphatic carbocycles. The molecule has 0 radical (unpaired) electrons. The summed E-state index contributed by atoms with van der Waals surface area (Å²) in [6.07, 6.45) is 1.70. The fraction of sp³-hybridized carbons (Fsp3) is 0.500. The molecule has 0 aromatic carbocycles.